The average Bonchev–Trinajstić information content (AvgIpc) is 4.01. The van der Waals surface area contributed by atoms with E-state index in [0.717, 1.165) is 63.1 Å². The van der Waals surface area contributed by atoms with Gasteiger partial charge in [0.15, 0.2) is 0 Å². The first-order chi connectivity index (χ1) is 34.0. The van der Waals surface area contributed by atoms with Gasteiger partial charge in [-0.1, -0.05) is 0 Å². The molecule has 11 nitrogen and oxygen atoms in total. The van der Waals surface area contributed by atoms with Gasteiger partial charge in [0.05, 0.1) is 0 Å². The van der Waals surface area contributed by atoms with Crippen molar-refractivity contribution in [2.45, 2.75) is 0 Å². The summed E-state index contributed by atoms with van der Waals surface area (Å²) in [6.07, 6.45) is 5.19. The van der Waals surface area contributed by atoms with Crippen LogP contribution < -0.4 is 20.4 Å². The molecule has 0 atom stereocenters. The van der Waals surface area contributed by atoms with E-state index in [1.807, 2.05) is 42.6 Å². The third-order valence-corrected chi connectivity index (χ3v) is 17.3. The zero-order valence-electron chi connectivity index (χ0n) is 37.2. The maximum absolute atomic E-state index is 12.7. The molecule has 2 N–H and O–H groups in total. The van der Waals surface area contributed by atoms with E-state index in [0.29, 0.717) is 0 Å². The Hall–Kier alpha value is -7.61. The van der Waals surface area contributed by atoms with Crippen molar-refractivity contribution in [3.63, 3.8) is 0 Å². The van der Waals surface area contributed by atoms with E-state index >= 15 is 0 Å². The van der Waals surface area contributed by atoms with Gasteiger partial charge in [-0.3, -0.25) is 0 Å². The van der Waals surface area contributed by atoms with Crippen LogP contribution >= 0.6 is 24.4 Å². The van der Waals surface area contributed by atoms with Gasteiger partial charge in [-0.25, -0.2) is 0 Å². The van der Waals surface area contributed by atoms with Gasteiger partial charge in [0.1, 0.15) is 0 Å². The summed E-state index contributed by atoms with van der Waals surface area (Å²) in [6.45, 7) is 0. The molecule has 0 unspecified atom stereocenters. The number of carbonyl (C=O) groups excluding carboxylic acids is 4. The van der Waals surface area contributed by atoms with Crippen LogP contribution in [0.2, 0.25) is 0 Å². The molecule has 0 spiro atoms. The van der Waals surface area contributed by atoms with E-state index in [4.69, 9.17) is 29.4 Å². The Morgan fingerprint density at radius 2 is 0.800 bits per heavy atom. The van der Waals surface area contributed by atoms with Gasteiger partial charge in [0.2, 0.25) is 0 Å². The number of rotatable bonds is 4. The molecule has 7 heterocycles. The quantitative estimate of drug-likeness (QED) is 0.0770. The number of nitrogens with zero attached hydrogens (tertiary/aromatic N) is 5. The third-order valence-electron chi connectivity index (χ3n) is 12.3. The van der Waals surface area contributed by atoms with Gasteiger partial charge in [-0.05, 0) is 0 Å². The predicted molar refractivity (Wildman–Crippen MR) is 286 cm³/mol. The van der Waals surface area contributed by atoms with Gasteiger partial charge in [0.25, 0.3) is 0 Å². The van der Waals surface area contributed by atoms with Gasteiger partial charge in [-0.15, -0.1) is 0 Å². The number of anilines is 6. The Morgan fingerprint density at radius 3 is 1.24 bits per heavy atom. The number of benzene rings is 5. The summed E-state index contributed by atoms with van der Waals surface area (Å²) in [4.78, 5) is 62.2. The molecule has 15 heteroatoms. The van der Waals surface area contributed by atoms with Gasteiger partial charge < -0.3 is 0 Å². The Labute approximate surface area is 425 Å². The summed E-state index contributed by atoms with van der Waals surface area (Å²) in [7, 11) is 3.13. The molecule has 4 aliphatic rings. The Morgan fingerprint density at radius 1 is 0.443 bits per heavy atom. The fourth-order valence-corrected chi connectivity index (χ4v) is 13.4. The summed E-state index contributed by atoms with van der Waals surface area (Å²) in [5.41, 5.74) is 12.7. The summed E-state index contributed by atoms with van der Waals surface area (Å²) >= 11 is 9.82. The number of hydrogen-bond acceptors (Lipinski definition) is 9. The van der Waals surface area contributed by atoms with Gasteiger partial charge >= 0.3 is 428 Å². The predicted octanol–water partition coefficient (Wildman–Crippen LogP) is 9.63. The molecule has 0 saturated carbocycles. The van der Waals surface area contributed by atoms with E-state index in [-0.39, 0.29) is 56.3 Å². The van der Waals surface area contributed by atoms with Crippen molar-refractivity contribution < 1.29 is 19.2 Å². The normalized spacial score (nSPS) is 15.9. The monoisotopic (exact) mass is 1080 g/mol. The number of para-hydroxylation sites is 3. The molecule has 8 aromatic rings. The zero-order valence-corrected chi connectivity index (χ0v) is 42.3. The Kier molecular flexibility index (Phi) is 11.8. The second-order valence-electron chi connectivity index (χ2n) is 16.4. The van der Waals surface area contributed by atoms with Crippen LogP contribution in [0, 0.1) is 0 Å². The second kappa shape index (κ2) is 18.4. The molecule has 4 amide bonds. The van der Waals surface area contributed by atoms with Crippen LogP contribution in [0.5, 0.6) is 0 Å². The zero-order chi connectivity index (χ0) is 48.2. The summed E-state index contributed by atoms with van der Waals surface area (Å²) in [6, 6.07) is 54.3. The molecule has 0 bridgehead atoms. The van der Waals surface area contributed by atoms with Crippen LogP contribution in [-0.4, -0.2) is 91.7 Å². The number of amides is 4. The van der Waals surface area contributed by atoms with Crippen LogP contribution in [-0.2, 0) is 19.2 Å². The fraction of sp³-hybridized carbons (Fsp3) is 0.0364. The number of likely N-dealkylation sites (N-methyl/N-ethyl adjacent to an activating group) is 2. The van der Waals surface area contributed by atoms with Crippen LogP contribution in [0.25, 0.3) is 56.7 Å². The van der Waals surface area contributed by atoms with Crippen molar-refractivity contribution >= 4 is 131 Å². The van der Waals surface area contributed by atoms with E-state index in [9.17, 15) is 19.2 Å². The van der Waals surface area contributed by atoms with E-state index < -0.39 is 17.7 Å². The molecule has 2 fully saturated rings. The third kappa shape index (κ3) is 7.88. The van der Waals surface area contributed by atoms with Crippen molar-refractivity contribution in [2.24, 2.45) is 0 Å². The van der Waals surface area contributed by atoms with Crippen LogP contribution in [0.3, 0.4) is 0 Å². The first-order valence-corrected chi connectivity index (χ1v) is 26.2. The second-order valence-corrected chi connectivity index (χ2v) is 21.8. The molecule has 70 heavy (non-hydrogen) atoms. The molecular formula is C55H37N7O4S2Se2. The van der Waals surface area contributed by atoms with Gasteiger partial charge in [-0.2, -0.15) is 0 Å². The Bertz CT molecular complexity index is 3250. The molecule has 2 saturated heterocycles. The molecule has 12 rings (SSSR count). The van der Waals surface area contributed by atoms with Crippen molar-refractivity contribution in [2.75, 3.05) is 23.9 Å². The van der Waals surface area contributed by atoms with Crippen molar-refractivity contribution in [3.05, 3.63) is 184 Å². The minimum atomic E-state index is -0.467. The van der Waals surface area contributed by atoms with Crippen LogP contribution in [0.15, 0.2) is 175 Å². The topological polar surface area (TPSA) is 118 Å². The van der Waals surface area contributed by atoms with E-state index in [1.165, 1.54) is 32.1 Å². The number of nitrogens with one attached hydrogen (secondary N) is 2. The van der Waals surface area contributed by atoms with E-state index in [1.54, 1.807) is 26.2 Å². The van der Waals surface area contributed by atoms with Crippen molar-refractivity contribution in [1.82, 2.24) is 25.4 Å². The van der Waals surface area contributed by atoms with Crippen molar-refractivity contribution in [3.8, 4) is 44.5 Å². The summed E-state index contributed by atoms with van der Waals surface area (Å²) in [5, 5.41) is 5.40. The molecular weight excluding hydrogens is 1040 g/mol. The molecule has 0 aliphatic carbocycles. The number of carbonyl (C=O) groups is 4. The number of pyridine rings is 1. The first kappa shape index (κ1) is 44.9. The minimum absolute atomic E-state index is 0.0890. The Balaban J connectivity index is 0.000000152. The number of hydrogen-bond donors (Lipinski definition) is 2. The summed E-state index contributed by atoms with van der Waals surface area (Å²) in [5.74, 6) is -0.844. The van der Waals surface area contributed by atoms with Gasteiger partial charge in [0, 0.05) is 0 Å². The number of fused-ring (bicyclic) bond motifs is 10. The molecule has 5 aromatic carbocycles. The molecule has 0 radical (unpaired) electrons. The first-order valence-electron chi connectivity index (χ1n) is 22.0. The average molecular weight is 1080 g/mol. The molecule has 4 aliphatic heterocycles. The SMILES string of the molecule is CN1C(=O)/C(=C/c2ccc(N3c4ccccc4-c4ccccc4-c4ccccc43)[se]2)C(=O)NC1=S.CN1C(=O)/C(=C/c2ccc(N3c4ccccc4-c4ccccc4-c4cccnc43)[se]2)C(=O)NC1=S. The maximum atomic E-state index is 12.7. The van der Waals surface area contributed by atoms with E-state index in [2.05, 4.69) is 142 Å². The summed E-state index contributed by atoms with van der Waals surface area (Å²) < 4.78 is 4.06. The molecule has 340 valence electrons. The standard InChI is InChI=1S/C28H19N3O2SSe.C27H18N4O2SSe/c1-30-27(33)22(26(32)29-28(30)34)16-17-14-15-25(35-17)31-23-12-6-4-10-20(23)18-8-2-3-9-19(18)21-11-5-7-13-24(21)31;1-30-26(33)21(25(32)29-27(30)34)15-16-12-13-23(35-16)31-22-11-5-4-9-19(22)17-7-2-3-8-18(17)20-10-6-14-28-24(20)31/h2-16H,1H3,(H,29,32,34);2-15H,1H3,(H,29,32,34)/b22-16+;21-15+. The van der Waals surface area contributed by atoms with Crippen molar-refractivity contribution in [1.29, 1.82) is 0 Å². The number of aromatic nitrogens is 1. The number of thiocarbonyl (C=S) groups is 2. The van der Waals surface area contributed by atoms with Crippen LogP contribution in [0.1, 0.15) is 8.87 Å². The van der Waals surface area contributed by atoms with Crippen LogP contribution in [0.4, 0.5) is 32.0 Å². The molecule has 3 aromatic heterocycles. The fourth-order valence-electron chi connectivity index (χ4n) is 8.94.